The van der Waals surface area contributed by atoms with Crippen LogP contribution < -0.4 is 0 Å². The van der Waals surface area contributed by atoms with Crippen molar-refractivity contribution in [1.29, 1.82) is 0 Å². The topological polar surface area (TPSA) is 87.2 Å². The van der Waals surface area contributed by atoms with Crippen LogP contribution in [0.25, 0.3) is 5.57 Å². The number of benzene rings is 1. The van der Waals surface area contributed by atoms with E-state index >= 15 is 0 Å². The van der Waals surface area contributed by atoms with E-state index < -0.39 is 5.97 Å². The van der Waals surface area contributed by atoms with E-state index in [1.165, 1.54) is 14.0 Å². The summed E-state index contributed by atoms with van der Waals surface area (Å²) in [4.78, 5) is 41.3. The Morgan fingerprint density at radius 1 is 1.03 bits per heavy atom. The molecule has 0 aromatic heterocycles. The summed E-state index contributed by atoms with van der Waals surface area (Å²) in [6.45, 7) is 2.59. The molecule has 0 spiro atoms. The molecule has 3 aliphatic rings. The van der Waals surface area contributed by atoms with Crippen molar-refractivity contribution in [3.63, 3.8) is 0 Å². The lowest BCUT2D eigenvalue weighted by atomic mass is 9.88. The van der Waals surface area contributed by atoms with Crippen molar-refractivity contribution in [2.75, 3.05) is 20.2 Å². The number of hydrogen-bond donors (Lipinski definition) is 1. The molecule has 1 aromatic rings. The number of ether oxygens (including phenoxy) is 1. The lowest BCUT2D eigenvalue weighted by Crippen LogP contribution is -2.54. The van der Waals surface area contributed by atoms with E-state index in [4.69, 9.17) is 4.74 Å². The number of Topliss-reactive ketones (excluding diaryl/α,β-unsaturated/α-hetero) is 1. The van der Waals surface area contributed by atoms with Crippen molar-refractivity contribution in [3.05, 3.63) is 41.0 Å². The number of ketones is 1. The van der Waals surface area contributed by atoms with Gasteiger partial charge >= 0.3 is 12.0 Å². The molecular weight excluding hydrogens is 384 g/mol. The predicted octanol–water partition coefficient (Wildman–Crippen LogP) is 2.63. The fourth-order valence-electron chi connectivity index (χ4n) is 4.97. The Balaban J connectivity index is 1.67. The SMILES string of the molecule is COC(=O)C1=C(c2ccc(C(C)=O)cc2)C[C@H]2CC[C@@H]1N2C(=O)N1CCC(O)CC1. The van der Waals surface area contributed by atoms with Gasteiger partial charge in [0.25, 0.3) is 0 Å². The van der Waals surface area contributed by atoms with Gasteiger partial charge < -0.3 is 19.6 Å². The number of hydrogen-bond acceptors (Lipinski definition) is 5. The van der Waals surface area contributed by atoms with Gasteiger partial charge in [-0.15, -0.1) is 0 Å². The molecule has 1 aromatic carbocycles. The fraction of sp³-hybridized carbons (Fsp3) is 0.522. The second kappa shape index (κ2) is 8.22. The molecule has 2 fully saturated rings. The minimum Gasteiger partial charge on any atom is -0.466 e. The normalized spacial score (nSPS) is 24.2. The Morgan fingerprint density at radius 2 is 1.70 bits per heavy atom. The summed E-state index contributed by atoms with van der Waals surface area (Å²) >= 11 is 0. The number of likely N-dealkylation sites (tertiary alicyclic amines) is 1. The molecule has 2 bridgehead atoms. The van der Waals surface area contributed by atoms with Crippen molar-refractivity contribution in [2.24, 2.45) is 0 Å². The summed E-state index contributed by atoms with van der Waals surface area (Å²) in [6.07, 6.45) is 2.98. The number of carbonyl (C=O) groups is 3. The molecule has 3 aliphatic heterocycles. The molecule has 30 heavy (non-hydrogen) atoms. The molecule has 2 atom stereocenters. The molecule has 0 radical (unpaired) electrons. The van der Waals surface area contributed by atoms with Crippen LogP contribution in [0.1, 0.15) is 54.9 Å². The van der Waals surface area contributed by atoms with Crippen LogP contribution in [0.5, 0.6) is 0 Å². The average molecular weight is 412 g/mol. The number of nitrogens with zero attached hydrogens (tertiary/aromatic N) is 2. The number of fused-ring (bicyclic) bond motifs is 2. The van der Waals surface area contributed by atoms with Crippen LogP contribution in [0.4, 0.5) is 4.79 Å². The number of piperidine rings is 1. The lowest BCUT2D eigenvalue weighted by molar-refractivity contribution is -0.136. The fourth-order valence-corrected chi connectivity index (χ4v) is 4.97. The largest absolute Gasteiger partial charge is 0.466 e. The van der Waals surface area contributed by atoms with Crippen LogP contribution in [0.15, 0.2) is 29.8 Å². The molecule has 0 saturated carbocycles. The molecule has 1 N–H and O–H groups in total. The first-order valence-corrected chi connectivity index (χ1v) is 10.6. The van der Waals surface area contributed by atoms with Gasteiger partial charge in [0.1, 0.15) is 0 Å². The van der Waals surface area contributed by atoms with E-state index in [0.29, 0.717) is 43.5 Å². The maximum atomic E-state index is 13.3. The van der Waals surface area contributed by atoms with E-state index in [1.54, 1.807) is 17.0 Å². The summed E-state index contributed by atoms with van der Waals surface area (Å²) in [5, 5.41) is 9.76. The first-order chi connectivity index (χ1) is 14.4. The van der Waals surface area contributed by atoms with Gasteiger partial charge in [0.2, 0.25) is 0 Å². The highest BCUT2D eigenvalue weighted by atomic mass is 16.5. The Bertz CT molecular complexity index is 883. The molecule has 3 heterocycles. The van der Waals surface area contributed by atoms with Gasteiger partial charge in [-0.05, 0) is 50.2 Å². The first-order valence-electron chi connectivity index (χ1n) is 10.6. The van der Waals surface area contributed by atoms with Gasteiger partial charge in [0.05, 0.1) is 24.8 Å². The number of methoxy groups -OCH3 is 1. The predicted molar refractivity (Wildman–Crippen MR) is 111 cm³/mol. The molecule has 2 amide bonds. The number of esters is 1. The van der Waals surface area contributed by atoms with Crippen LogP contribution in [0.2, 0.25) is 0 Å². The highest BCUT2D eigenvalue weighted by Crippen LogP contribution is 2.44. The van der Waals surface area contributed by atoms with E-state index in [0.717, 1.165) is 24.0 Å². The Hall–Kier alpha value is -2.67. The Kier molecular flexibility index (Phi) is 5.64. The number of rotatable bonds is 3. The third-order valence-electron chi connectivity index (χ3n) is 6.60. The minimum absolute atomic E-state index is 0.00384. The molecule has 0 unspecified atom stereocenters. The average Bonchev–Trinajstić information content (AvgIpc) is 3.06. The van der Waals surface area contributed by atoms with E-state index in [1.807, 2.05) is 17.0 Å². The van der Waals surface area contributed by atoms with Crippen LogP contribution in [0, 0.1) is 0 Å². The van der Waals surface area contributed by atoms with Crippen molar-refractivity contribution >= 4 is 23.4 Å². The number of aliphatic hydroxyl groups excluding tert-OH is 1. The number of carbonyl (C=O) groups excluding carboxylic acids is 3. The highest BCUT2D eigenvalue weighted by Gasteiger charge is 2.47. The third kappa shape index (κ3) is 3.62. The summed E-state index contributed by atoms with van der Waals surface area (Å²) in [7, 11) is 1.37. The van der Waals surface area contributed by atoms with Crippen molar-refractivity contribution in [3.8, 4) is 0 Å². The number of urea groups is 1. The van der Waals surface area contributed by atoms with E-state index in [9.17, 15) is 19.5 Å². The Morgan fingerprint density at radius 3 is 2.30 bits per heavy atom. The summed E-state index contributed by atoms with van der Waals surface area (Å²) < 4.78 is 5.11. The summed E-state index contributed by atoms with van der Waals surface area (Å²) in [5.41, 5.74) is 2.97. The minimum atomic E-state index is -0.405. The number of aliphatic hydroxyl groups is 1. The van der Waals surface area contributed by atoms with Crippen LogP contribution in [0.3, 0.4) is 0 Å². The monoisotopic (exact) mass is 412 g/mol. The molecule has 7 nitrogen and oxygen atoms in total. The zero-order chi connectivity index (χ0) is 21.4. The maximum Gasteiger partial charge on any atom is 0.336 e. The molecule has 0 aliphatic carbocycles. The van der Waals surface area contributed by atoms with Crippen molar-refractivity contribution in [1.82, 2.24) is 9.80 Å². The molecule has 2 saturated heterocycles. The third-order valence-corrected chi connectivity index (χ3v) is 6.60. The first kappa shape index (κ1) is 20.6. The van der Waals surface area contributed by atoms with Crippen LogP contribution >= 0.6 is 0 Å². The summed E-state index contributed by atoms with van der Waals surface area (Å²) in [6, 6.07) is 6.97. The van der Waals surface area contributed by atoms with Gasteiger partial charge in [-0.2, -0.15) is 0 Å². The molecule has 4 rings (SSSR count). The van der Waals surface area contributed by atoms with Crippen LogP contribution in [-0.2, 0) is 9.53 Å². The summed E-state index contributed by atoms with van der Waals surface area (Å²) in [5.74, 6) is -0.409. The zero-order valence-corrected chi connectivity index (χ0v) is 17.5. The molecule has 160 valence electrons. The molecule has 7 heteroatoms. The number of amides is 2. The Labute approximate surface area is 176 Å². The lowest BCUT2D eigenvalue weighted by Gasteiger charge is -2.41. The van der Waals surface area contributed by atoms with Gasteiger partial charge in [0, 0.05) is 24.7 Å². The second-order valence-electron chi connectivity index (χ2n) is 8.38. The van der Waals surface area contributed by atoms with Crippen molar-refractivity contribution in [2.45, 2.75) is 57.2 Å². The smallest absolute Gasteiger partial charge is 0.336 e. The maximum absolute atomic E-state index is 13.3. The van der Waals surface area contributed by atoms with Gasteiger partial charge in [-0.1, -0.05) is 24.3 Å². The molecular formula is C23H28N2O5. The van der Waals surface area contributed by atoms with Gasteiger partial charge in [-0.25, -0.2) is 9.59 Å². The second-order valence-corrected chi connectivity index (χ2v) is 8.38. The van der Waals surface area contributed by atoms with E-state index in [2.05, 4.69) is 0 Å². The standard InChI is InChI=1S/C23H28N2O5/c1-14(26)15-3-5-16(6-4-15)19-13-17-7-8-20(21(19)22(28)30-2)25(17)23(29)24-11-9-18(27)10-12-24/h3-6,17-18,20,27H,7-13H2,1-2H3/t17-,20+/m1/s1. The highest BCUT2D eigenvalue weighted by molar-refractivity contribution is 6.01. The van der Waals surface area contributed by atoms with Crippen LogP contribution in [-0.4, -0.2) is 71.1 Å². The van der Waals surface area contributed by atoms with Crippen molar-refractivity contribution < 1.29 is 24.2 Å². The van der Waals surface area contributed by atoms with Gasteiger partial charge in [0.15, 0.2) is 5.78 Å². The zero-order valence-electron chi connectivity index (χ0n) is 17.5. The van der Waals surface area contributed by atoms with E-state index in [-0.39, 0.29) is 30.0 Å². The van der Waals surface area contributed by atoms with Gasteiger partial charge in [-0.3, -0.25) is 4.79 Å². The quantitative estimate of drug-likeness (QED) is 0.609.